The third kappa shape index (κ3) is 1.47. The maximum absolute atomic E-state index is 5.93. The van der Waals surface area contributed by atoms with E-state index < -0.39 is 0 Å². The van der Waals surface area contributed by atoms with Crippen molar-refractivity contribution in [1.82, 2.24) is 0 Å². The van der Waals surface area contributed by atoms with Gasteiger partial charge in [-0.15, -0.1) is 0 Å². The summed E-state index contributed by atoms with van der Waals surface area (Å²) in [6.45, 7) is 3.52. The SMILES string of the molecule is CC1C(N)CC1c1ccc2c(c1)OCCO2. The van der Waals surface area contributed by atoms with Crippen molar-refractivity contribution in [2.75, 3.05) is 13.2 Å². The van der Waals surface area contributed by atoms with Gasteiger partial charge < -0.3 is 15.2 Å². The predicted octanol–water partition coefficient (Wildman–Crippen LogP) is 1.91. The Morgan fingerprint density at radius 2 is 1.94 bits per heavy atom. The van der Waals surface area contributed by atoms with Crippen molar-refractivity contribution in [3.63, 3.8) is 0 Å². The zero-order valence-electron chi connectivity index (χ0n) is 9.48. The molecule has 3 nitrogen and oxygen atoms in total. The van der Waals surface area contributed by atoms with Crippen LogP contribution in [-0.4, -0.2) is 19.3 Å². The monoisotopic (exact) mass is 219 g/mol. The maximum atomic E-state index is 5.93. The van der Waals surface area contributed by atoms with Crippen molar-refractivity contribution in [2.24, 2.45) is 11.7 Å². The molecule has 1 aliphatic heterocycles. The highest BCUT2D eigenvalue weighted by Crippen LogP contribution is 2.43. The van der Waals surface area contributed by atoms with Gasteiger partial charge in [0.2, 0.25) is 0 Å². The van der Waals surface area contributed by atoms with Crippen molar-refractivity contribution >= 4 is 0 Å². The average Bonchev–Trinajstić information content (AvgIpc) is 2.35. The molecule has 86 valence electrons. The fraction of sp³-hybridized carbons (Fsp3) is 0.538. The molecular formula is C13H17NO2. The Balaban J connectivity index is 1.86. The van der Waals surface area contributed by atoms with Crippen molar-refractivity contribution in [1.29, 1.82) is 0 Å². The third-order valence-electron chi connectivity index (χ3n) is 3.83. The van der Waals surface area contributed by atoms with E-state index in [1.54, 1.807) is 0 Å². The lowest BCUT2D eigenvalue weighted by molar-refractivity contribution is 0.170. The van der Waals surface area contributed by atoms with Crippen molar-refractivity contribution in [3.8, 4) is 11.5 Å². The Labute approximate surface area is 95.5 Å². The molecule has 3 heteroatoms. The summed E-state index contributed by atoms with van der Waals surface area (Å²) in [5.41, 5.74) is 7.26. The molecule has 3 unspecified atom stereocenters. The van der Waals surface area contributed by atoms with Crippen molar-refractivity contribution in [2.45, 2.75) is 25.3 Å². The zero-order chi connectivity index (χ0) is 11.1. The van der Waals surface area contributed by atoms with Gasteiger partial charge in [0.25, 0.3) is 0 Å². The minimum Gasteiger partial charge on any atom is -0.486 e. The van der Waals surface area contributed by atoms with E-state index in [1.807, 2.05) is 6.07 Å². The Bertz CT molecular complexity index is 405. The highest BCUT2D eigenvalue weighted by atomic mass is 16.6. The van der Waals surface area contributed by atoms with Gasteiger partial charge in [-0.2, -0.15) is 0 Å². The molecule has 0 aromatic heterocycles. The van der Waals surface area contributed by atoms with Gasteiger partial charge in [-0.25, -0.2) is 0 Å². The van der Waals surface area contributed by atoms with Crippen LogP contribution < -0.4 is 15.2 Å². The van der Waals surface area contributed by atoms with E-state index >= 15 is 0 Å². The quantitative estimate of drug-likeness (QED) is 0.784. The summed E-state index contributed by atoms with van der Waals surface area (Å²) in [6.07, 6.45) is 1.08. The molecule has 1 aromatic rings. The van der Waals surface area contributed by atoms with E-state index in [-0.39, 0.29) is 0 Å². The number of rotatable bonds is 1. The fourth-order valence-corrected chi connectivity index (χ4v) is 2.56. The summed E-state index contributed by atoms with van der Waals surface area (Å²) in [5.74, 6) is 2.91. The second kappa shape index (κ2) is 3.67. The van der Waals surface area contributed by atoms with E-state index in [0.717, 1.165) is 17.9 Å². The smallest absolute Gasteiger partial charge is 0.161 e. The van der Waals surface area contributed by atoms with Crippen LogP contribution >= 0.6 is 0 Å². The first-order valence-electron chi connectivity index (χ1n) is 5.91. The summed E-state index contributed by atoms with van der Waals surface area (Å²) in [4.78, 5) is 0. The van der Waals surface area contributed by atoms with Crippen LogP contribution in [0.1, 0.15) is 24.8 Å². The Kier molecular flexibility index (Phi) is 2.28. The van der Waals surface area contributed by atoms with Gasteiger partial charge >= 0.3 is 0 Å². The Morgan fingerprint density at radius 3 is 2.62 bits per heavy atom. The van der Waals surface area contributed by atoms with Crippen molar-refractivity contribution in [3.05, 3.63) is 23.8 Å². The van der Waals surface area contributed by atoms with E-state index in [9.17, 15) is 0 Å². The maximum Gasteiger partial charge on any atom is 0.161 e. The molecule has 0 radical (unpaired) electrons. The summed E-state index contributed by atoms with van der Waals surface area (Å²) >= 11 is 0. The lowest BCUT2D eigenvalue weighted by Crippen LogP contribution is -2.44. The fourth-order valence-electron chi connectivity index (χ4n) is 2.56. The summed E-state index contributed by atoms with van der Waals surface area (Å²) < 4.78 is 11.1. The van der Waals surface area contributed by atoms with Crippen LogP contribution in [0.5, 0.6) is 11.5 Å². The summed E-state index contributed by atoms with van der Waals surface area (Å²) in [6, 6.07) is 6.63. The van der Waals surface area contributed by atoms with E-state index in [4.69, 9.17) is 15.2 Å². The van der Waals surface area contributed by atoms with Gasteiger partial charge in [-0.1, -0.05) is 13.0 Å². The third-order valence-corrected chi connectivity index (χ3v) is 3.83. The molecule has 0 bridgehead atoms. The summed E-state index contributed by atoms with van der Waals surface area (Å²) in [7, 11) is 0. The predicted molar refractivity (Wildman–Crippen MR) is 61.9 cm³/mol. The van der Waals surface area contributed by atoms with Gasteiger partial charge in [0.05, 0.1) is 0 Å². The standard InChI is InChI=1S/C13H17NO2/c1-8-10(7-11(8)14)9-2-3-12-13(6-9)16-5-4-15-12/h2-3,6,8,10-11H,4-5,7,14H2,1H3. The average molecular weight is 219 g/mol. The minimum absolute atomic E-state index is 0.359. The topological polar surface area (TPSA) is 44.5 Å². The van der Waals surface area contributed by atoms with Crippen LogP contribution in [0.15, 0.2) is 18.2 Å². The van der Waals surface area contributed by atoms with Crippen molar-refractivity contribution < 1.29 is 9.47 Å². The highest BCUT2D eigenvalue weighted by Gasteiger charge is 2.36. The lowest BCUT2D eigenvalue weighted by atomic mass is 9.67. The lowest BCUT2D eigenvalue weighted by Gasteiger charge is -2.41. The molecule has 0 saturated heterocycles. The number of ether oxygens (including phenoxy) is 2. The second-order valence-electron chi connectivity index (χ2n) is 4.77. The molecule has 0 spiro atoms. The minimum atomic E-state index is 0.359. The van der Waals surface area contributed by atoms with Gasteiger partial charge in [0, 0.05) is 6.04 Å². The molecule has 1 saturated carbocycles. The molecule has 3 atom stereocenters. The zero-order valence-corrected chi connectivity index (χ0v) is 9.48. The number of hydrogen-bond acceptors (Lipinski definition) is 3. The molecule has 3 rings (SSSR count). The number of benzene rings is 1. The van der Waals surface area contributed by atoms with E-state index in [0.29, 0.717) is 31.1 Å². The van der Waals surface area contributed by atoms with Gasteiger partial charge in [-0.3, -0.25) is 0 Å². The summed E-state index contributed by atoms with van der Waals surface area (Å²) in [5, 5.41) is 0. The Hall–Kier alpha value is -1.22. The molecule has 1 aliphatic carbocycles. The number of fused-ring (bicyclic) bond motifs is 1. The first kappa shape index (κ1) is 9.97. The second-order valence-corrected chi connectivity index (χ2v) is 4.77. The largest absolute Gasteiger partial charge is 0.486 e. The molecule has 1 aromatic carbocycles. The van der Waals surface area contributed by atoms with Crippen LogP contribution in [0, 0.1) is 5.92 Å². The Morgan fingerprint density at radius 1 is 1.19 bits per heavy atom. The molecule has 0 amide bonds. The van der Waals surface area contributed by atoms with Crippen LogP contribution in [-0.2, 0) is 0 Å². The molecule has 2 N–H and O–H groups in total. The van der Waals surface area contributed by atoms with E-state index in [1.165, 1.54) is 5.56 Å². The van der Waals surface area contributed by atoms with Gasteiger partial charge in [0.15, 0.2) is 11.5 Å². The van der Waals surface area contributed by atoms with Crippen LogP contribution in [0.3, 0.4) is 0 Å². The molecule has 2 aliphatic rings. The van der Waals surface area contributed by atoms with Crippen LogP contribution in [0.2, 0.25) is 0 Å². The van der Waals surface area contributed by atoms with Gasteiger partial charge in [-0.05, 0) is 36.0 Å². The molecule has 1 fully saturated rings. The van der Waals surface area contributed by atoms with Gasteiger partial charge in [0.1, 0.15) is 13.2 Å². The van der Waals surface area contributed by atoms with E-state index in [2.05, 4.69) is 19.1 Å². The highest BCUT2D eigenvalue weighted by molar-refractivity contribution is 5.45. The first-order chi connectivity index (χ1) is 7.75. The van der Waals surface area contributed by atoms with Crippen LogP contribution in [0.25, 0.3) is 0 Å². The number of hydrogen-bond donors (Lipinski definition) is 1. The first-order valence-corrected chi connectivity index (χ1v) is 5.91. The normalized spacial score (nSPS) is 32.0. The molecule has 16 heavy (non-hydrogen) atoms. The molecular weight excluding hydrogens is 202 g/mol. The van der Waals surface area contributed by atoms with Crippen LogP contribution in [0.4, 0.5) is 0 Å². The molecule has 1 heterocycles. The number of nitrogens with two attached hydrogens (primary N) is 1.